The summed E-state index contributed by atoms with van der Waals surface area (Å²) in [6.07, 6.45) is 0.469. The molecule has 17 heavy (non-hydrogen) atoms. The number of nitrogens with two attached hydrogens (primary N) is 1. The summed E-state index contributed by atoms with van der Waals surface area (Å²) in [5.74, 6) is -0.335. The van der Waals surface area contributed by atoms with Crippen LogP contribution in [0.3, 0.4) is 0 Å². The monoisotopic (exact) mass is 238 g/mol. The Bertz CT molecular complexity index is 330. The van der Waals surface area contributed by atoms with Crippen molar-refractivity contribution in [2.24, 2.45) is 5.73 Å². The second-order valence-corrected chi connectivity index (χ2v) is 3.63. The predicted molar refractivity (Wildman–Crippen MR) is 63.8 cm³/mol. The van der Waals surface area contributed by atoms with Gasteiger partial charge in [0.05, 0.1) is 12.6 Å². The second-order valence-electron chi connectivity index (χ2n) is 3.63. The molecule has 1 unspecified atom stereocenters. The fraction of sp³-hybridized carbons (Fsp3) is 0.417. The molecule has 0 saturated carbocycles. The average Bonchev–Trinajstić information content (AvgIpc) is 2.37. The largest absolute Gasteiger partial charge is 0.385 e. The zero-order valence-corrected chi connectivity index (χ0v) is 9.89. The molecule has 0 saturated heterocycles. The van der Waals surface area contributed by atoms with Crippen LogP contribution in [0.4, 0.5) is 0 Å². The maximum atomic E-state index is 11.4. The van der Waals surface area contributed by atoms with Gasteiger partial charge < -0.3 is 10.5 Å². The van der Waals surface area contributed by atoms with Crippen molar-refractivity contribution in [1.82, 2.24) is 5.48 Å². The molecule has 0 aliphatic rings. The second kappa shape index (κ2) is 7.78. The van der Waals surface area contributed by atoms with Gasteiger partial charge in [-0.3, -0.25) is 9.63 Å². The van der Waals surface area contributed by atoms with Crippen molar-refractivity contribution in [3.8, 4) is 0 Å². The third-order valence-corrected chi connectivity index (χ3v) is 2.22. The number of nitrogens with one attached hydrogen (secondary N) is 1. The summed E-state index contributed by atoms with van der Waals surface area (Å²) in [6.45, 7) is 0.775. The molecule has 1 atom stereocenters. The van der Waals surface area contributed by atoms with E-state index in [1.54, 1.807) is 7.11 Å². The Labute approximate surface area is 101 Å². The molecular formula is C12H18N2O3. The Morgan fingerprint density at radius 2 is 2.12 bits per heavy atom. The number of carbonyl (C=O) groups excluding carboxylic acids is 1. The van der Waals surface area contributed by atoms with Crippen LogP contribution in [0.2, 0.25) is 0 Å². The quantitative estimate of drug-likeness (QED) is 0.682. The minimum atomic E-state index is -0.606. The van der Waals surface area contributed by atoms with Gasteiger partial charge in [-0.15, -0.1) is 0 Å². The van der Waals surface area contributed by atoms with E-state index in [-0.39, 0.29) is 5.91 Å². The topological polar surface area (TPSA) is 73.6 Å². The molecular weight excluding hydrogens is 220 g/mol. The molecule has 0 spiro atoms. The fourth-order valence-corrected chi connectivity index (χ4v) is 1.22. The van der Waals surface area contributed by atoms with Crippen LogP contribution in [-0.2, 0) is 21.0 Å². The maximum absolute atomic E-state index is 11.4. The first kappa shape index (κ1) is 13.6. The van der Waals surface area contributed by atoms with Crippen molar-refractivity contribution in [3.63, 3.8) is 0 Å². The van der Waals surface area contributed by atoms with Gasteiger partial charge in [-0.1, -0.05) is 30.3 Å². The molecule has 0 radical (unpaired) electrons. The van der Waals surface area contributed by atoms with Crippen LogP contribution in [0.5, 0.6) is 0 Å². The van der Waals surface area contributed by atoms with Crippen molar-refractivity contribution in [1.29, 1.82) is 0 Å². The molecule has 5 heteroatoms. The smallest absolute Gasteiger partial charge is 0.260 e. The summed E-state index contributed by atoms with van der Waals surface area (Å²) < 4.78 is 4.84. The van der Waals surface area contributed by atoms with Crippen LogP contribution in [0.25, 0.3) is 0 Å². The van der Waals surface area contributed by atoms with E-state index < -0.39 is 6.04 Å². The molecule has 0 aliphatic carbocycles. The van der Waals surface area contributed by atoms with E-state index in [0.29, 0.717) is 19.6 Å². The maximum Gasteiger partial charge on any atom is 0.260 e. The lowest BCUT2D eigenvalue weighted by Crippen LogP contribution is -2.41. The lowest BCUT2D eigenvalue weighted by Gasteiger charge is -2.11. The molecule has 0 aromatic heterocycles. The van der Waals surface area contributed by atoms with E-state index in [4.69, 9.17) is 15.3 Å². The molecule has 5 nitrogen and oxygen atoms in total. The minimum absolute atomic E-state index is 0.323. The van der Waals surface area contributed by atoms with E-state index in [2.05, 4.69) is 5.48 Å². The number of hydrogen-bond donors (Lipinski definition) is 2. The van der Waals surface area contributed by atoms with E-state index in [1.165, 1.54) is 0 Å². The average molecular weight is 238 g/mol. The van der Waals surface area contributed by atoms with E-state index in [1.807, 2.05) is 30.3 Å². The molecule has 1 rings (SSSR count). The molecule has 94 valence electrons. The highest BCUT2D eigenvalue weighted by Gasteiger charge is 2.12. The van der Waals surface area contributed by atoms with Crippen LogP contribution in [0.15, 0.2) is 30.3 Å². The summed E-state index contributed by atoms with van der Waals surface area (Å²) in [5.41, 5.74) is 8.92. The van der Waals surface area contributed by atoms with Crippen molar-refractivity contribution >= 4 is 5.91 Å². The van der Waals surface area contributed by atoms with Crippen LogP contribution in [0.1, 0.15) is 12.0 Å². The number of methoxy groups -OCH3 is 1. The first-order valence-electron chi connectivity index (χ1n) is 5.44. The van der Waals surface area contributed by atoms with Gasteiger partial charge in [0.2, 0.25) is 0 Å². The SMILES string of the molecule is COCCC(N)C(=O)NOCc1ccccc1. The summed E-state index contributed by atoms with van der Waals surface area (Å²) in [7, 11) is 1.57. The van der Waals surface area contributed by atoms with Gasteiger partial charge in [0, 0.05) is 13.7 Å². The minimum Gasteiger partial charge on any atom is -0.385 e. The standard InChI is InChI=1S/C12H18N2O3/c1-16-8-7-11(13)12(15)14-17-9-10-5-3-2-4-6-10/h2-6,11H,7-9,13H2,1H3,(H,14,15). The van der Waals surface area contributed by atoms with E-state index >= 15 is 0 Å². The van der Waals surface area contributed by atoms with Crippen molar-refractivity contribution in [3.05, 3.63) is 35.9 Å². The molecule has 0 aliphatic heterocycles. The Morgan fingerprint density at radius 3 is 2.76 bits per heavy atom. The molecule has 3 N–H and O–H groups in total. The molecule has 0 fully saturated rings. The first-order valence-corrected chi connectivity index (χ1v) is 5.44. The zero-order valence-electron chi connectivity index (χ0n) is 9.89. The van der Waals surface area contributed by atoms with Gasteiger partial charge in [0.25, 0.3) is 5.91 Å². The van der Waals surface area contributed by atoms with Gasteiger partial charge >= 0.3 is 0 Å². The summed E-state index contributed by atoms with van der Waals surface area (Å²) in [6, 6.07) is 8.96. The van der Waals surface area contributed by atoms with Crippen molar-refractivity contribution in [2.45, 2.75) is 19.1 Å². The number of rotatable bonds is 7. The highest BCUT2D eigenvalue weighted by molar-refractivity contribution is 5.80. The Kier molecular flexibility index (Phi) is 6.24. The third kappa shape index (κ3) is 5.44. The van der Waals surface area contributed by atoms with Crippen LogP contribution in [0, 0.1) is 0 Å². The summed E-state index contributed by atoms with van der Waals surface area (Å²) in [4.78, 5) is 16.5. The molecule has 0 heterocycles. The van der Waals surface area contributed by atoms with E-state index in [0.717, 1.165) is 5.56 Å². The Balaban J connectivity index is 2.20. The number of carbonyl (C=O) groups is 1. The molecule has 1 aromatic rings. The van der Waals surface area contributed by atoms with Crippen LogP contribution >= 0.6 is 0 Å². The highest BCUT2D eigenvalue weighted by Crippen LogP contribution is 1.99. The predicted octanol–water partition coefficient (Wildman–Crippen LogP) is 0.598. The lowest BCUT2D eigenvalue weighted by molar-refractivity contribution is -0.136. The number of benzene rings is 1. The van der Waals surface area contributed by atoms with Gasteiger partial charge in [-0.25, -0.2) is 5.48 Å². The number of hydrogen-bond acceptors (Lipinski definition) is 4. The van der Waals surface area contributed by atoms with Crippen molar-refractivity contribution < 1.29 is 14.4 Å². The lowest BCUT2D eigenvalue weighted by atomic mass is 10.2. The Hall–Kier alpha value is -1.43. The van der Waals surface area contributed by atoms with Crippen LogP contribution in [-0.4, -0.2) is 25.7 Å². The zero-order chi connectivity index (χ0) is 12.5. The van der Waals surface area contributed by atoms with Gasteiger partial charge in [-0.05, 0) is 12.0 Å². The highest BCUT2D eigenvalue weighted by atomic mass is 16.6. The van der Waals surface area contributed by atoms with Gasteiger partial charge in [0.15, 0.2) is 0 Å². The summed E-state index contributed by atoms with van der Waals surface area (Å²) >= 11 is 0. The van der Waals surface area contributed by atoms with E-state index in [9.17, 15) is 4.79 Å². The van der Waals surface area contributed by atoms with Crippen LogP contribution < -0.4 is 11.2 Å². The molecule has 1 amide bonds. The Morgan fingerprint density at radius 1 is 1.41 bits per heavy atom. The molecule has 1 aromatic carbocycles. The number of hydroxylamine groups is 1. The number of ether oxygens (including phenoxy) is 1. The van der Waals surface area contributed by atoms with Gasteiger partial charge in [-0.2, -0.15) is 0 Å². The normalized spacial score (nSPS) is 12.1. The first-order chi connectivity index (χ1) is 8.24. The van der Waals surface area contributed by atoms with Gasteiger partial charge in [0.1, 0.15) is 0 Å². The number of amides is 1. The fourth-order valence-electron chi connectivity index (χ4n) is 1.22. The van der Waals surface area contributed by atoms with Crippen molar-refractivity contribution in [2.75, 3.05) is 13.7 Å². The summed E-state index contributed by atoms with van der Waals surface area (Å²) in [5, 5.41) is 0. The molecule has 0 bridgehead atoms. The third-order valence-electron chi connectivity index (χ3n) is 2.22.